The van der Waals surface area contributed by atoms with Crippen molar-refractivity contribution >= 4 is 27.3 Å². The standard InChI is InChI=1S/C17H27N3O3S/c1-4-19(5-2)16-8-6-15(7-9-16)18-17(21)14-10-12-20(13-11-14)24(3,22)23/h6-9,14H,4-5,10-13H2,1-3H3,(H,18,21). The molecule has 0 unspecified atom stereocenters. The van der Waals surface area contributed by atoms with Crippen LogP contribution >= 0.6 is 0 Å². The summed E-state index contributed by atoms with van der Waals surface area (Å²) in [5, 5.41) is 2.94. The molecule has 24 heavy (non-hydrogen) atoms. The van der Waals surface area contributed by atoms with Crippen molar-refractivity contribution in [3.8, 4) is 0 Å². The Balaban J connectivity index is 1.91. The summed E-state index contributed by atoms with van der Waals surface area (Å²) in [5.41, 5.74) is 1.92. The van der Waals surface area contributed by atoms with Crippen molar-refractivity contribution in [1.82, 2.24) is 4.31 Å². The highest BCUT2D eigenvalue weighted by Crippen LogP contribution is 2.22. The molecule has 0 aromatic heterocycles. The van der Waals surface area contributed by atoms with E-state index >= 15 is 0 Å². The van der Waals surface area contributed by atoms with E-state index in [0.717, 1.165) is 24.5 Å². The lowest BCUT2D eigenvalue weighted by Crippen LogP contribution is -2.40. The van der Waals surface area contributed by atoms with E-state index in [4.69, 9.17) is 0 Å². The van der Waals surface area contributed by atoms with Gasteiger partial charge in [0.25, 0.3) is 0 Å². The predicted molar refractivity (Wildman–Crippen MR) is 97.8 cm³/mol. The highest BCUT2D eigenvalue weighted by molar-refractivity contribution is 7.88. The summed E-state index contributed by atoms with van der Waals surface area (Å²) in [5.74, 6) is -0.163. The zero-order valence-corrected chi connectivity index (χ0v) is 15.5. The van der Waals surface area contributed by atoms with Gasteiger partial charge in [-0.1, -0.05) is 0 Å². The van der Waals surface area contributed by atoms with Crippen LogP contribution in [-0.2, 0) is 14.8 Å². The van der Waals surface area contributed by atoms with Gasteiger partial charge in [0.2, 0.25) is 15.9 Å². The number of rotatable bonds is 6. The van der Waals surface area contributed by atoms with E-state index in [1.165, 1.54) is 10.6 Å². The molecule has 1 aromatic rings. The second-order valence-corrected chi connectivity index (χ2v) is 8.13. The van der Waals surface area contributed by atoms with Crippen LogP contribution in [-0.4, -0.2) is 51.1 Å². The number of piperidine rings is 1. The fraction of sp³-hybridized carbons (Fsp3) is 0.588. The van der Waals surface area contributed by atoms with E-state index in [0.29, 0.717) is 25.9 Å². The van der Waals surface area contributed by atoms with Gasteiger partial charge in [-0.2, -0.15) is 0 Å². The number of sulfonamides is 1. The molecule has 1 N–H and O–H groups in total. The van der Waals surface area contributed by atoms with E-state index in [1.807, 2.05) is 24.3 Å². The van der Waals surface area contributed by atoms with Crippen LogP contribution in [0, 0.1) is 5.92 Å². The van der Waals surface area contributed by atoms with Gasteiger partial charge in [-0.25, -0.2) is 12.7 Å². The highest BCUT2D eigenvalue weighted by Gasteiger charge is 2.28. The van der Waals surface area contributed by atoms with Crippen molar-refractivity contribution in [1.29, 1.82) is 0 Å². The summed E-state index contributed by atoms with van der Waals surface area (Å²) in [6.45, 7) is 6.95. The quantitative estimate of drug-likeness (QED) is 0.851. The van der Waals surface area contributed by atoms with E-state index in [9.17, 15) is 13.2 Å². The van der Waals surface area contributed by atoms with E-state index < -0.39 is 10.0 Å². The third-order valence-electron chi connectivity index (χ3n) is 4.56. The van der Waals surface area contributed by atoms with Gasteiger partial charge >= 0.3 is 0 Å². The third-order valence-corrected chi connectivity index (χ3v) is 5.86. The van der Waals surface area contributed by atoms with Crippen molar-refractivity contribution in [3.05, 3.63) is 24.3 Å². The molecule has 1 saturated heterocycles. The fourth-order valence-corrected chi connectivity index (χ4v) is 3.91. The summed E-state index contributed by atoms with van der Waals surface area (Å²) in [6, 6.07) is 7.85. The number of nitrogens with zero attached hydrogens (tertiary/aromatic N) is 2. The molecule has 1 fully saturated rings. The molecule has 1 aliphatic heterocycles. The van der Waals surface area contributed by atoms with Gasteiger partial charge in [0, 0.05) is 43.5 Å². The molecule has 1 amide bonds. The molecule has 0 saturated carbocycles. The number of hydrogen-bond donors (Lipinski definition) is 1. The number of amides is 1. The van der Waals surface area contributed by atoms with Crippen LogP contribution in [0.2, 0.25) is 0 Å². The number of carbonyl (C=O) groups is 1. The van der Waals surface area contributed by atoms with Crippen molar-refractivity contribution in [2.24, 2.45) is 5.92 Å². The summed E-state index contributed by atoms with van der Waals surface area (Å²) in [4.78, 5) is 14.6. The van der Waals surface area contributed by atoms with E-state index in [2.05, 4.69) is 24.1 Å². The minimum absolute atomic E-state index is 0.0289. The first-order chi connectivity index (χ1) is 11.3. The maximum absolute atomic E-state index is 12.4. The van der Waals surface area contributed by atoms with E-state index in [1.54, 1.807) is 0 Å². The molecule has 1 aliphatic rings. The van der Waals surface area contributed by atoms with Gasteiger partial charge in [-0.15, -0.1) is 0 Å². The van der Waals surface area contributed by atoms with Crippen LogP contribution < -0.4 is 10.2 Å². The molecule has 2 rings (SSSR count). The van der Waals surface area contributed by atoms with Crippen LogP contribution in [0.15, 0.2) is 24.3 Å². The zero-order valence-electron chi connectivity index (χ0n) is 14.7. The van der Waals surface area contributed by atoms with Gasteiger partial charge in [0.1, 0.15) is 0 Å². The van der Waals surface area contributed by atoms with Gasteiger partial charge < -0.3 is 10.2 Å². The average Bonchev–Trinajstić information content (AvgIpc) is 2.57. The molecule has 7 heteroatoms. The first-order valence-electron chi connectivity index (χ1n) is 8.46. The highest BCUT2D eigenvalue weighted by atomic mass is 32.2. The molecule has 134 valence electrons. The predicted octanol–water partition coefficient (Wildman–Crippen LogP) is 2.14. The Hall–Kier alpha value is -1.60. The lowest BCUT2D eigenvalue weighted by molar-refractivity contribution is -0.120. The van der Waals surface area contributed by atoms with Crippen LogP contribution in [0.1, 0.15) is 26.7 Å². The summed E-state index contributed by atoms with van der Waals surface area (Å²) >= 11 is 0. The molecule has 1 aromatic carbocycles. The summed E-state index contributed by atoms with van der Waals surface area (Å²) in [7, 11) is -3.15. The van der Waals surface area contributed by atoms with Gasteiger partial charge in [0.15, 0.2) is 0 Å². The second-order valence-electron chi connectivity index (χ2n) is 6.14. The number of nitrogens with one attached hydrogen (secondary N) is 1. The number of carbonyl (C=O) groups excluding carboxylic acids is 1. The summed E-state index contributed by atoms with van der Waals surface area (Å²) < 4.78 is 24.5. The topological polar surface area (TPSA) is 69.7 Å². The fourth-order valence-electron chi connectivity index (χ4n) is 3.04. The molecular formula is C17H27N3O3S. The Morgan fingerprint density at radius 2 is 1.71 bits per heavy atom. The SMILES string of the molecule is CCN(CC)c1ccc(NC(=O)C2CCN(S(C)(=O)=O)CC2)cc1. The largest absolute Gasteiger partial charge is 0.372 e. The zero-order chi connectivity index (χ0) is 17.7. The maximum atomic E-state index is 12.4. The van der Waals surface area contributed by atoms with Crippen LogP contribution in [0.25, 0.3) is 0 Å². The molecule has 1 heterocycles. The number of benzene rings is 1. The van der Waals surface area contributed by atoms with Crippen LogP contribution in [0.3, 0.4) is 0 Å². The Morgan fingerprint density at radius 3 is 2.17 bits per heavy atom. The number of anilines is 2. The third kappa shape index (κ3) is 4.70. The first-order valence-corrected chi connectivity index (χ1v) is 10.3. The smallest absolute Gasteiger partial charge is 0.227 e. The minimum atomic E-state index is -3.15. The van der Waals surface area contributed by atoms with Crippen molar-refractivity contribution < 1.29 is 13.2 Å². The monoisotopic (exact) mass is 353 g/mol. The minimum Gasteiger partial charge on any atom is -0.372 e. The molecule has 6 nitrogen and oxygen atoms in total. The molecular weight excluding hydrogens is 326 g/mol. The van der Waals surface area contributed by atoms with Gasteiger partial charge in [-0.05, 0) is 51.0 Å². The lowest BCUT2D eigenvalue weighted by atomic mass is 9.97. The molecule has 0 radical (unpaired) electrons. The Kier molecular flexibility index (Phi) is 6.23. The van der Waals surface area contributed by atoms with Crippen LogP contribution in [0.4, 0.5) is 11.4 Å². The van der Waals surface area contributed by atoms with Gasteiger partial charge in [0.05, 0.1) is 6.26 Å². The maximum Gasteiger partial charge on any atom is 0.227 e. The second kappa shape index (κ2) is 7.98. The molecule has 0 aliphatic carbocycles. The van der Waals surface area contributed by atoms with Crippen molar-refractivity contribution in [2.45, 2.75) is 26.7 Å². The number of hydrogen-bond acceptors (Lipinski definition) is 4. The van der Waals surface area contributed by atoms with Crippen molar-refractivity contribution in [2.75, 3.05) is 42.7 Å². The molecule has 0 bridgehead atoms. The average molecular weight is 353 g/mol. The Bertz CT molecular complexity index is 646. The van der Waals surface area contributed by atoms with E-state index in [-0.39, 0.29) is 11.8 Å². The van der Waals surface area contributed by atoms with Crippen molar-refractivity contribution in [3.63, 3.8) is 0 Å². The molecule has 0 atom stereocenters. The lowest BCUT2D eigenvalue weighted by Gasteiger charge is -2.29. The Labute approximate surface area is 144 Å². The first kappa shape index (κ1) is 18.7. The van der Waals surface area contributed by atoms with Gasteiger partial charge in [-0.3, -0.25) is 4.79 Å². The molecule has 0 spiro atoms. The normalized spacial score (nSPS) is 16.8. The summed E-state index contributed by atoms with van der Waals surface area (Å²) in [6.07, 6.45) is 2.34. The van der Waals surface area contributed by atoms with Crippen LogP contribution in [0.5, 0.6) is 0 Å². The Morgan fingerprint density at radius 1 is 1.17 bits per heavy atom.